The van der Waals surface area contributed by atoms with Gasteiger partial charge in [0.15, 0.2) is 17.5 Å². The highest BCUT2D eigenvalue weighted by molar-refractivity contribution is 6.16. The Kier molecular flexibility index (Phi) is 2.64. The number of halogens is 3. The van der Waals surface area contributed by atoms with Crippen LogP contribution in [-0.2, 0) is 5.88 Å². The van der Waals surface area contributed by atoms with Crippen LogP contribution in [0.4, 0.5) is 8.78 Å². The van der Waals surface area contributed by atoms with Crippen molar-refractivity contribution in [3.05, 3.63) is 42.0 Å². The van der Waals surface area contributed by atoms with E-state index >= 15 is 0 Å². The van der Waals surface area contributed by atoms with Crippen LogP contribution in [0, 0.1) is 11.6 Å². The van der Waals surface area contributed by atoms with Gasteiger partial charge in [-0.05, 0) is 12.1 Å². The zero-order valence-electron chi connectivity index (χ0n) is 7.49. The first-order valence-corrected chi connectivity index (χ1v) is 4.66. The lowest BCUT2D eigenvalue weighted by atomic mass is 10.3. The quantitative estimate of drug-likeness (QED) is 0.740. The van der Waals surface area contributed by atoms with E-state index in [0.717, 1.165) is 6.07 Å². The summed E-state index contributed by atoms with van der Waals surface area (Å²) < 4.78 is 27.6. The molecule has 0 aliphatic rings. The van der Waals surface area contributed by atoms with Gasteiger partial charge in [0.1, 0.15) is 6.33 Å². The first-order chi connectivity index (χ1) is 7.24. The van der Waals surface area contributed by atoms with Crippen molar-refractivity contribution >= 4 is 11.6 Å². The van der Waals surface area contributed by atoms with Crippen molar-refractivity contribution in [3.8, 4) is 5.69 Å². The largest absolute Gasteiger partial charge is 0.281 e. The molecule has 0 saturated heterocycles. The van der Waals surface area contributed by atoms with Crippen LogP contribution in [0.5, 0.6) is 0 Å². The fourth-order valence-electron chi connectivity index (χ4n) is 1.23. The van der Waals surface area contributed by atoms with Gasteiger partial charge < -0.3 is 0 Å². The Morgan fingerprint density at radius 3 is 2.87 bits per heavy atom. The Hall–Kier alpha value is -1.49. The zero-order chi connectivity index (χ0) is 10.8. The molecular formula is C9H6ClF2N3. The average Bonchev–Trinajstić information content (AvgIpc) is 2.70. The highest BCUT2D eigenvalue weighted by atomic mass is 35.5. The van der Waals surface area contributed by atoms with Gasteiger partial charge in [0, 0.05) is 0 Å². The average molecular weight is 230 g/mol. The first kappa shape index (κ1) is 10.0. The van der Waals surface area contributed by atoms with Crippen LogP contribution in [0.3, 0.4) is 0 Å². The summed E-state index contributed by atoms with van der Waals surface area (Å²) in [5, 5.41) is 7.25. The van der Waals surface area contributed by atoms with E-state index in [1.807, 2.05) is 0 Å². The van der Waals surface area contributed by atoms with Gasteiger partial charge in [-0.1, -0.05) is 6.07 Å². The molecule has 0 bridgehead atoms. The van der Waals surface area contributed by atoms with Crippen LogP contribution < -0.4 is 0 Å². The molecule has 2 aromatic rings. The van der Waals surface area contributed by atoms with E-state index in [4.69, 9.17) is 11.6 Å². The summed E-state index contributed by atoms with van der Waals surface area (Å²) in [4.78, 5) is 0. The van der Waals surface area contributed by atoms with Gasteiger partial charge in [-0.2, -0.15) is 0 Å². The van der Waals surface area contributed by atoms with Gasteiger partial charge in [0.25, 0.3) is 0 Å². The van der Waals surface area contributed by atoms with Gasteiger partial charge in [0.2, 0.25) is 0 Å². The van der Waals surface area contributed by atoms with Crippen molar-refractivity contribution in [2.45, 2.75) is 5.88 Å². The van der Waals surface area contributed by atoms with Crippen molar-refractivity contribution < 1.29 is 8.78 Å². The number of hydrogen-bond donors (Lipinski definition) is 0. The topological polar surface area (TPSA) is 30.7 Å². The Morgan fingerprint density at radius 1 is 1.33 bits per heavy atom. The van der Waals surface area contributed by atoms with Gasteiger partial charge in [0.05, 0.1) is 11.6 Å². The van der Waals surface area contributed by atoms with E-state index in [1.165, 1.54) is 23.0 Å². The summed E-state index contributed by atoms with van der Waals surface area (Å²) in [5.74, 6) is -1.41. The smallest absolute Gasteiger partial charge is 0.182 e. The van der Waals surface area contributed by atoms with E-state index in [9.17, 15) is 8.78 Å². The molecular weight excluding hydrogens is 224 g/mol. The summed E-state index contributed by atoms with van der Waals surface area (Å²) in [7, 11) is 0. The minimum Gasteiger partial charge on any atom is -0.281 e. The van der Waals surface area contributed by atoms with Crippen molar-refractivity contribution in [2.24, 2.45) is 0 Å². The maximum absolute atomic E-state index is 13.4. The normalized spacial score (nSPS) is 10.6. The second kappa shape index (κ2) is 3.94. The van der Waals surface area contributed by atoms with Crippen molar-refractivity contribution in [1.29, 1.82) is 0 Å². The Bertz CT molecular complexity index is 484. The molecule has 1 heterocycles. The Morgan fingerprint density at radius 2 is 2.13 bits per heavy atom. The molecule has 1 aromatic carbocycles. The summed E-state index contributed by atoms with van der Waals surface area (Å²) in [6.45, 7) is 0. The Labute approximate surface area is 89.3 Å². The molecule has 6 heteroatoms. The summed E-state index contributed by atoms with van der Waals surface area (Å²) >= 11 is 5.58. The fraction of sp³-hybridized carbons (Fsp3) is 0.111. The number of hydrogen-bond acceptors (Lipinski definition) is 2. The molecule has 0 atom stereocenters. The number of nitrogens with zero attached hydrogens (tertiary/aromatic N) is 3. The van der Waals surface area contributed by atoms with Gasteiger partial charge >= 0.3 is 0 Å². The van der Waals surface area contributed by atoms with E-state index < -0.39 is 11.6 Å². The summed E-state index contributed by atoms with van der Waals surface area (Å²) in [5.41, 5.74) is 0.0515. The maximum atomic E-state index is 13.4. The molecule has 0 N–H and O–H groups in total. The van der Waals surface area contributed by atoms with Crippen LogP contribution in [0.1, 0.15) is 5.82 Å². The lowest BCUT2D eigenvalue weighted by Gasteiger charge is -2.05. The van der Waals surface area contributed by atoms with Crippen molar-refractivity contribution in [2.75, 3.05) is 0 Å². The van der Waals surface area contributed by atoms with Gasteiger partial charge in [-0.15, -0.1) is 21.8 Å². The zero-order valence-corrected chi connectivity index (χ0v) is 8.25. The third-order valence-electron chi connectivity index (χ3n) is 1.93. The highest BCUT2D eigenvalue weighted by Gasteiger charge is 2.12. The summed E-state index contributed by atoms with van der Waals surface area (Å²) in [6, 6.07) is 3.88. The fourth-order valence-corrected chi connectivity index (χ4v) is 1.41. The monoisotopic (exact) mass is 229 g/mol. The lowest BCUT2D eigenvalue weighted by molar-refractivity contribution is 0.503. The van der Waals surface area contributed by atoms with Crippen LogP contribution in [-0.4, -0.2) is 14.8 Å². The molecule has 0 amide bonds. The van der Waals surface area contributed by atoms with E-state index in [0.29, 0.717) is 5.82 Å². The molecule has 15 heavy (non-hydrogen) atoms. The molecule has 1 aromatic heterocycles. The number of alkyl halides is 1. The van der Waals surface area contributed by atoms with Crippen LogP contribution in [0.15, 0.2) is 24.5 Å². The van der Waals surface area contributed by atoms with Crippen LogP contribution >= 0.6 is 11.6 Å². The molecule has 3 nitrogen and oxygen atoms in total. The molecule has 78 valence electrons. The molecule has 0 aliphatic heterocycles. The standard InChI is InChI=1S/C9H6ClF2N3/c10-4-8-14-13-5-15(8)7-3-1-2-6(11)9(7)12/h1-3,5H,4H2. The predicted octanol–water partition coefficient (Wildman–Crippen LogP) is 2.28. The lowest BCUT2D eigenvalue weighted by Crippen LogP contribution is -2.02. The number of benzene rings is 1. The third-order valence-corrected chi connectivity index (χ3v) is 2.17. The molecule has 0 radical (unpaired) electrons. The van der Waals surface area contributed by atoms with E-state index in [1.54, 1.807) is 0 Å². The second-order valence-electron chi connectivity index (χ2n) is 2.82. The molecule has 0 saturated carbocycles. The van der Waals surface area contributed by atoms with Crippen molar-refractivity contribution in [1.82, 2.24) is 14.8 Å². The van der Waals surface area contributed by atoms with Crippen molar-refractivity contribution in [3.63, 3.8) is 0 Å². The van der Waals surface area contributed by atoms with Crippen LogP contribution in [0.25, 0.3) is 5.69 Å². The van der Waals surface area contributed by atoms with E-state index in [-0.39, 0.29) is 11.6 Å². The number of rotatable bonds is 2. The predicted molar refractivity (Wildman–Crippen MR) is 50.8 cm³/mol. The molecule has 0 unspecified atom stereocenters. The summed E-state index contributed by atoms with van der Waals surface area (Å²) in [6.07, 6.45) is 1.29. The first-order valence-electron chi connectivity index (χ1n) is 4.13. The molecule has 0 aliphatic carbocycles. The minimum atomic E-state index is -0.941. The third kappa shape index (κ3) is 1.70. The molecule has 2 rings (SSSR count). The Balaban J connectivity index is 2.59. The highest BCUT2D eigenvalue weighted by Crippen LogP contribution is 2.17. The minimum absolute atomic E-state index is 0.0515. The maximum Gasteiger partial charge on any atom is 0.182 e. The van der Waals surface area contributed by atoms with Gasteiger partial charge in [-0.25, -0.2) is 8.78 Å². The number of aromatic nitrogens is 3. The SMILES string of the molecule is Fc1cccc(-n2cnnc2CCl)c1F. The second-order valence-corrected chi connectivity index (χ2v) is 3.09. The molecule has 0 fully saturated rings. The van der Waals surface area contributed by atoms with Gasteiger partial charge in [-0.3, -0.25) is 4.57 Å². The molecule has 0 spiro atoms. The van der Waals surface area contributed by atoms with E-state index in [2.05, 4.69) is 10.2 Å². The van der Waals surface area contributed by atoms with Crippen LogP contribution in [0.2, 0.25) is 0 Å².